The molecule has 0 saturated carbocycles. The van der Waals surface area contributed by atoms with Crippen molar-refractivity contribution in [1.82, 2.24) is 20.2 Å². The van der Waals surface area contributed by atoms with Crippen LogP contribution in [0.25, 0.3) is 12.2 Å². The number of nitrogens with one attached hydrogen (secondary N) is 2. The Morgan fingerprint density at radius 3 is 2.50 bits per heavy atom. The number of anilines is 2. The van der Waals surface area contributed by atoms with Crippen LogP contribution in [-0.2, 0) is 0 Å². The fourth-order valence-corrected chi connectivity index (χ4v) is 2.08. The van der Waals surface area contributed by atoms with Crippen LogP contribution in [0.2, 0.25) is 0 Å². The van der Waals surface area contributed by atoms with Crippen molar-refractivity contribution in [2.24, 2.45) is 0 Å². The first kappa shape index (κ1) is 14.0. The van der Waals surface area contributed by atoms with Gasteiger partial charge in [0.1, 0.15) is 5.82 Å². The van der Waals surface area contributed by atoms with Crippen LogP contribution >= 0.6 is 0 Å². The van der Waals surface area contributed by atoms with Gasteiger partial charge in [-0.25, -0.2) is 9.97 Å². The molecule has 2 aromatic heterocycles. The molecule has 0 aliphatic carbocycles. The van der Waals surface area contributed by atoms with Crippen LogP contribution in [0.4, 0.5) is 11.6 Å². The highest BCUT2D eigenvalue weighted by atomic mass is 15.2. The van der Waals surface area contributed by atoms with E-state index in [2.05, 4.69) is 25.5 Å². The normalized spacial score (nSPS) is 11.0. The van der Waals surface area contributed by atoms with Crippen LogP contribution in [-0.4, -0.2) is 20.2 Å². The second-order valence-corrected chi connectivity index (χ2v) is 5.06. The SMILES string of the molecule is Cc1cc(Nc2cc(C)[nH]n2)nc(/C=C/c2ccccc2)n1. The van der Waals surface area contributed by atoms with Crippen LogP contribution < -0.4 is 5.32 Å². The summed E-state index contributed by atoms with van der Waals surface area (Å²) in [7, 11) is 0. The van der Waals surface area contributed by atoms with Crippen LogP contribution in [0.1, 0.15) is 22.8 Å². The highest BCUT2D eigenvalue weighted by molar-refractivity contribution is 5.67. The maximum atomic E-state index is 4.49. The van der Waals surface area contributed by atoms with Crippen LogP contribution in [0, 0.1) is 13.8 Å². The summed E-state index contributed by atoms with van der Waals surface area (Å²) in [5.41, 5.74) is 3.01. The van der Waals surface area contributed by atoms with Crippen molar-refractivity contribution in [3.8, 4) is 0 Å². The minimum absolute atomic E-state index is 0.665. The maximum absolute atomic E-state index is 4.49. The zero-order valence-corrected chi connectivity index (χ0v) is 12.5. The number of aromatic amines is 1. The van der Waals surface area contributed by atoms with E-state index < -0.39 is 0 Å². The van der Waals surface area contributed by atoms with Gasteiger partial charge >= 0.3 is 0 Å². The first-order valence-corrected chi connectivity index (χ1v) is 7.07. The minimum atomic E-state index is 0.665. The predicted octanol–water partition coefficient (Wildman–Crippen LogP) is 3.73. The summed E-state index contributed by atoms with van der Waals surface area (Å²) in [4.78, 5) is 8.92. The van der Waals surface area contributed by atoms with Gasteiger partial charge in [-0.15, -0.1) is 0 Å². The van der Waals surface area contributed by atoms with Crippen LogP contribution in [0.3, 0.4) is 0 Å². The average molecular weight is 291 g/mol. The van der Waals surface area contributed by atoms with Crippen molar-refractivity contribution in [3.05, 3.63) is 65.2 Å². The van der Waals surface area contributed by atoms with E-state index in [-0.39, 0.29) is 0 Å². The molecule has 0 fully saturated rings. The number of rotatable bonds is 4. The van der Waals surface area contributed by atoms with E-state index in [1.165, 1.54) is 0 Å². The standard InChI is InChI=1S/C17H17N5/c1-12-10-16(20-17-11-13(2)21-22-17)19-15(18-12)9-8-14-6-4-3-5-7-14/h3-11H,1-2H3,(H2,18,19,20,21,22)/b9-8+. The van der Waals surface area contributed by atoms with Crippen molar-refractivity contribution in [2.45, 2.75) is 13.8 Å². The molecule has 0 spiro atoms. The van der Waals surface area contributed by atoms with E-state index in [0.29, 0.717) is 5.82 Å². The van der Waals surface area contributed by atoms with E-state index in [1.807, 2.05) is 68.5 Å². The molecule has 0 aliphatic heterocycles. The molecule has 0 saturated heterocycles. The van der Waals surface area contributed by atoms with Gasteiger partial charge in [-0.05, 0) is 25.5 Å². The van der Waals surface area contributed by atoms with Gasteiger partial charge in [-0.3, -0.25) is 5.10 Å². The molecule has 3 aromatic rings. The number of hydrogen-bond donors (Lipinski definition) is 2. The van der Waals surface area contributed by atoms with Gasteiger partial charge in [0.05, 0.1) is 0 Å². The van der Waals surface area contributed by atoms with E-state index in [1.54, 1.807) is 0 Å². The van der Waals surface area contributed by atoms with Gasteiger partial charge in [0.25, 0.3) is 0 Å². The Morgan fingerprint density at radius 1 is 0.955 bits per heavy atom. The number of nitrogens with zero attached hydrogens (tertiary/aromatic N) is 3. The molecule has 0 radical (unpaired) electrons. The molecule has 2 N–H and O–H groups in total. The molecule has 5 heteroatoms. The molecule has 3 rings (SSSR count). The molecule has 0 bridgehead atoms. The number of aromatic nitrogens is 4. The highest BCUT2D eigenvalue weighted by Crippen LogP contribution is 2.15. The lowest BCUT2D eigenvalue weighted by atomic mass is 10.2. The van der Waals surface area contributed by atoms with Crippen molar-refractivity contribution >= 4 is 23.8 Å². The highest BCUT2D eigenvalue weighted by Gasteiger charge is 2.03. The molecule has 2 heterocycles. The molecular weight excluding hydrogens is 274 g/mol. The smallest absolute Gasteiger partial charge is 0.154 e. The molecule has 0 unspecified atom stereocenters. The summed E-state index contributed by atoms with van der Waals surface area (Å²) >= 11 is 0. The lowest BCUT2D eigenvalue weighted by Crippen LogP contribution is -1.99. The second kappa shape index (κ2) is 6.22. The van der Waals surface area contributed by atoms with Crippen molar-refractivity contribution in [2.75, 3.05) is 5.32 Å². The fraction of sp³-hybridized carbons (Fsp3) is 0.118. The van der Waals surface area contributed by atoms with Gasteiger partial charge in [-0.1, -0.05) is 36.4 Å². The Bertz CT molecular complexity index is 790. The Hall–Kier alpha value is -2.95. The monoisotopic (exact) mass is 291 g/mol. The summed E-state index contributed by atoms with van der Waals surface area (Å²) in [6.45, 7) is 3.90. The zero-order chi connectivity index (χ0) is 15.4. The molecular formula is C17H17N5. The molecule has 1 aromatic carbocycles. The Balaban J connectivity index is 1.82. The average Bonchev–Trinajstić information content (AvgIpc) is 2.91. The maximum Gasteiger partial charge on any atom is 0.154 e. The van der Waals surface area contributed by atoms with Gasteiger partial charge in [0.15, 0.2) is 11.6 Å². The van der Waals surface area contributed by atoms with E-state index in [4.69, 9.17) is 0 Å². The summed E-state index contributed by atoms with van der Waals surface area (Å²) in [5.74, 6) is 2.14. The van der Waals surface area contributed by atoms with Gasteiger partial charge in [-0.2, -0.15) is 5.10 Å². The lowest BCUT2D eigenvalue weighted by Gasteiger charge is -2.04. The van der Waals surface area contributed by atoms with Gasteiger partial charge < -0.3 is 5.32 Å². The molecule has 0 atom stereocenters. The topological polar surface area (TPSA) is 66.5 Å². The number of aryl methyl sites for hydroxylation is 2. The molecule has 22 heavy (non-hydrogen) atoms. The van der Waals surface area contributed by atoms with E-state index in [9.17, 15) is 0 Å². The van der Waals surface area contributed by atoms with E-state index >= 15 is 0 Å². The molecule has 0 aliphatic rings. The predicted molar refractivity (Wildman–Crippen MR) is 88.7 cm³/mol. The van der Waals surface area contributed by atoms with Gasteiger partial charge in [0.2, 0.25) is 0 Å². The van der Waals surface area contributed by atoms with E-state index in [0.717, 1.165) is 28.6 Å². The molecule has 110 valence electrons. The quantitative estimate of drug-likeness (QED) is 0.768. The van der Waals surface area contributed by atoms with Crippen molar-refractivity contribution in [1.29, 1.82) is 0 Å². The molecule has 0 amide bonds. The Labute approximate surface area is 129 Å². The third-order valence-electron chi connectivity index (χ3n) is 3.06. The number of hydrogen-bond acceptors (Lipinski definition) is 4. The summed E-state index contributed by atoms with van der Waals surface area (Å²) in [6, 6.07) is 13.9. The fourth-order valence-electron chi connectivity index (χ4n) is 2.08. The largest absolute Gasteiger partial charge is 0.323 e. The summed E-state index contributed by atoms with van der Waals surface area (Å²) in [6.07, 6.45) is 3.90. The number of H-pyrrole nitrogens is 1. The lowest BCUT2D eigenvalue weighted by molar-refractivity contribution is 1.04. The van der Waals surface area contributed by atoms with Crippen LogP contribution in [0.5, 0.6) is 0 Å². The number of benzene rings is 1. The van der Waals surface area contributed by atoms with Crippen molar-refractivity contribution < 1.29 is 0 Å². The first-order valence-electron chi connectivity index (χ1n) is 7.07. The minimum Gasteiger partial charge on any atom is -0.323 e. The second-order valence-electron chi connectivity index (χ2n) is 5.06. The van der Waals surface area contributed by atoms with Gasteiger partial charge in [0, 0.05) is 23.5 Å². The Kier molecular flexibility index (Phi) is 3.96. The third-order valence-corrected chi connectivity index (χ3v) is 3.06. The zero-order valence-electron chi connectivity index (χ0n) is 12.5. The summed E-state index contributed by atoms with van der Waals surface area (Å²) in [5, 5.41) is 10.2. The first-order chi connectivity index (χ1) is 10.7. The van der Waals surface area contributed by atoms with Crippen LogP contribution in [0.15, 0.2) is 42.5 Å². The third kappa shape index (κ3) is 3.58. The summed E-state index contributed by atoms with van der Waals surface area (Å²) < 4.78 is 0. The van der Waals surface area contributed by atoms with Crippen molar-refractivity contribution in [3.63, 3.8) is 0 Å². The molecule has 5 nitrogen and oxygen atoms in total. The Morgan fingerprint density at radius 2 is 1.77 bits per heavy atom.